The first-order chi connectivity index (χ1) is 20.8. The molecule has 6 aromatic rings. The van der Waals surface area contributed by atoms with Gasteiger partial charge in [0.2, 0.25) is 0 Å². The minimum Gasteiger partial charge on any atom is -0.753 e. The van der Waals surface area contributed by atoms with E-state index in [-0.39, 0.29) is 16.5 Å². The van der Waals surface area contributed by atoms with E-state index in [0.29, 0.717) is 0 Å². The second-order valence-electron chi connectivity index (χ2n) is 5.67. The van der Waals surface area contributed by atoms with E-state index in [4.69, 9.17) is 10.8 Å². The van der Waals surface area contributed by atoms with Crippen LogP contribution in [0.5, 0.6) is 0 Å². The molecule has 0 fully saturated rings. The average molecular weight is 655 g/mol. The monoisotopic (exact) mass is 654 g/mol. The Morgan fingerprint density at radius 2 is 0.349 bits per heavy atom. The van der Waals surface area contributed by atoms with Gasteiger partial charge in [0.15, 0.2) is 0 Å². The van der Waals surface area contributed by atoms with Crippen LogP contribution in [0, 0.1) is 0 Å². The van der Waals surface area contributed by atoms with Crippen LogP contribution in [0.3, 0.4) is 0 Å². The fourth-order valence-corrected chi connectivity index (χ4v) is 1.52. The molecule has 0 saturated carbocycles. The van der Waals surface area contributed by atoms with Crippen LogP contribution >= 0.6 is 24.4 Å². The Morgan fingerprint density at radius 1 is 0.279 bits per heavy atom. The molecule has 6 heterocycles. The number of rotatable bonds is 0. The van der Waals surface area contributed by atoms with Crippen LogP contribution in [0.2, 0.25) is 0 Å². The zero-order valence-corrected chi connectivity index (χ0v) is 24.9. The van der Waals surface area contributed by atoms with E-state index in [2.05, 4.69) is 85.6 Å². The van der Waals surface area contributed by atoms with Crippen LogP contribution in [0.25, 0.3) is 10.8 Å². The summed E-state index contributed by atoms with van der Waals surface area (Å²) in [4.78, 5) is 0. The molecule has 0 saturated heterocycles. The first kappa shape index (κ1) is 42.0. The summed E-state index contributed by atoms with van der Waals surface area (Å²) in [6.07, 6.45) is 19.7. The molecule has 0 unspecified atom stereocenters. The van der Waals surface area contributed by atoms with Gasteiger partial charge in [-0.3, -0.25) is 0 Å². The molecular weight excluding hydrogens is 631 g/mol. The Kier molecular flexibility index (Phi) is 42.7. The van der Waals surface area contributed by atoms with Crippen molar-refractivity contribution < 1.29 is 16.5 Å². The maximum Gasteiger partial charge on any atom is 2.00 e. The van der Waals surface area contributed by atoms with E-state index in [9.17, 15) is 0 Å². The third-order valence-electron chi connectivity index (χ3n) is 2.90. The summed E-state index contributed by atoms with van der Waals surface area (Å²) in [5, 5.41) is 59.4. The van der Waals surface area contributed by atoms with E-state index in [1.54, 1.807) is 74.4 Å². The molecule has 0 N–H and O–H groups in total. The summed E-state index contributed by atoms with van der Waals surface area (Å²) in [7, 11) is 0. The first-order valence-corrected chi connectivity index (χ1v) is 12.0. The van der Waals surface area contributed by atoms with Gasteiger partial charge >= 0.3 is 16.5 Å². The molecule has 14 nitrogen and oxygen atoms in total. The van der Waals surface area contributed by atoms with Crippen molar-refractivity contribution in [2.45, 2.75) is 0 Å². The van der Waals surface area contributed by atoms with Gasteiger partial charge < -0.3 is 10.8 Å². The summed E-state index contributed by atoms with van der Waals surface area (Å²) in [6.45, 7) is 0. The molecule has 0 aliphatic carbocycles. The number of hydrogen-bond donors (Lipinski definition) is 0. The molecule has 0 atom stereocenters. The van der Waals surface area contributed by atoms with Gasteiger partial charge in [0, 0.05) is 74.4 Å². The molecule has 0 aliphatic rings. The molecule has 43 heavy (non-hydrogen) atoms. The van der Waals surface area contributed by atoms with Crippen LogP contribution in [0.15, 0.2) is 147 Å². The third kappa shape index (κ3) is 46.8. The molecule has 0 radical (unpaired) electrons. The van der Waals surface area contributed by atoms with Gasteiger partial charge in [-0.2, -0.15) is 71.5 Å². The van der Waals surface area contributed by atoms with E-state index in [1.807, 2.05) is 72.8 Å². The van der Waals surface area contributed by atoms with Crippen molar-refractivity contribution in [3.63, 3.8) is 0 Å². The predicted molar refractivity (Wildman–Crippen MR) is 164 cm³/mol. The second kappa shape index (κ2) is 43.6. The Balaban J connectivity index is -0.000000429. The number of nitrogens with zero attached hydrogens (tertiary/aromatic N) is 14. The average Bonchev–Trinajstić information content (AvgIpc) is 3.12. The van der Waals surface area contributed by atoms with Crippen molar-refractivity contribution in [3.05, 3.63) is 158 Å². The SMILES string of the molecule is [N-]=C=S.[N-]=C=S.[Ni+2].c1ccnnc1.c1ccnnc1.c1ccnnc1.c1ccnnc1.c1ccnnc1.c1ccnnc1. The van der Waals surface area contributed by atoms with Crippen molar-refractivity contribution in [1.82, 2.24) is 61.2 Å². The molecule has 0 bridgehead atoms. The quantitative estimate of drug-likeness (QED) is 0.128. The molecule has 6 rings (SSSR count). The van der Waals surface area contributed by atoms with Gasteiger partial charge in [-0.15, -0.1) is 0 Å². The minimum atomic E-state index is 0. The zero-order chi connectivity index (χ0) is 30.9. The standard InChI is InChI=1S/6C4H4N2.2CNS.Ni/c6*1-2-4-6-5-3-1;2*2-1-3;/h6*1-4H;;;/q;;;;;;2*-1;+2. The summed E-state index contributed by atoms with van der Waals surface area (Å²) in [6, 6.07) is 21.9. The van der Waals surface area contributed by atoms with Crippen LogP contribution in [0.4, 0.5) is 0 Å². The maximum atomic E-state index is 7.13. The summed E-state index contributed by atoms with van der Waals surface area (Å²) < 4.78 is 0. The van der Waals surface area contributed by atoms with Gasteiger partial charge in [-0.25, -0.2) is 0 Å². The van der Waals surface area contributed by atoms with Crippen LogP contribution in [-0.4, -0.2) is 71.5 Å². The first-order valence-electron chi connectivity index (χ1n) is 11.2. The molecule has 0 aromatic carbocycles. The van der Waals surface area contributed by atoms with Gasteiger partial charge in [-0.1, -0.05) is 24.4 Å². The minimum absolute atomic E-state index is 0. The van der Waals surface area contributed by atoms with Gasteiger partial charge in [0.1, 0.15) is 0 Å². The Hall–Kier alpha value is -5.43. The van der Waals surface area contributed by atoms with Gasteiger partial charge in [0.05, 0.1) is 0 Å². The number of isothiocyanates is 2. The van der Waals surface area contributed by atoms with E-state index in [0.717, 1.165) is 0 Å². The fraction of sp³-hybridized carbons (Fsp3) is 0. The maximum absolute atomic E-state index is 7.13. The summed E-state index contributed by atoms with van der Waals surface area (Å²) in [5.41, 5.74) is 0. The smallest absolute Gasteiger partial charge is 0.753 e. The number of aromatic nitrogens is 12. The fourth-order valence-electron chi connectivity index (χ4n) is 1.52. The van der Waals surface area contributed by atoms with E-state index in [1.165, 1.54) is 10.3 Å². The van der Waals surface area contributed by atoms with Crippen molar-refractivity contribution in [3.8, 4) is 0 Å². The summed E-state index contributed by atoms with van der Waals surface area (Å²) >= 11 is 7.40. The molecular formula is C26H24N14NiS2. The second-order valence-corrected chi connectivity index (χ2v) is 6.03. The molecule has 0 amide bonds. The topological polar surface area (TPSA) is 199 Å². The van der Waals surface area contributed by atoms with Crippen molar-refractivity contribution in [1.29, 1.82) is 0 Å². The summed E-state index contributed by atoms with van der Waals surface area (Å²) in [5.74, 6) is 0. The van der Waals surface area contributed by atoms with Gasteiger partial charge in [0.25, 0.3) is 0 Å². The molecule has 220 valence electrons. The zero-order valence-electron chi connectivity index (χ0n) is 22.3. The molecule has 6 aromatic heterocycles. The van der Waals surface area contributed by atoms with Crippen molar-refractivity contribution in [2.75, 3.05) is 0 Å². The largest absolute Gasteiger partial charge is 2.00 e. The normalized spacial score (nSPS) is 7.07. The molecule has 0 spiro atoms. The molecule has 17 heteroatoms. The Bertz CT molecular complexity index is 894. The van der Waals surface area contributed by atoms with E-state index >= 15 is 0 Å². The van der Waals surface area contributed by atoms with Crippen molar-refractivity contribution >= 4 is 34.8 Å². The van der Waals surface area contributed by atoms with Crippen LogP contribution < -0.4 is 0 Å². The number of thiocarbonyl (C=S) groups is 2. The predicted octanol–water partition coefficient (Wildman–Crippen LogP) is 4.17. The van der Waals surface area contributed by atoms with E-state index < -0.39 is 0 Å². The Labute approximate surface area is 269 Å². The van der Waals surface area contributed by atoms with Crippen molar-refractivity contribution in [2.24, 2.45) is 0 Å². The van der Waals surface area contributed by atoms with Crippen LogP contribution in [0.1, 0.15) is 0 Å². The Morgan fingerprint density at radius 3 is 0.372 bits per heavy atom. The van der Waals surface area contributed by atoms with Crippen LogP contribution in [-0.2, 0) is 16.5 Å². The number of hydrogen-bond acceptors (Lipinski definition) is 14. The third-order valence-corrected chi connectivity index (χ3v) is 2.90. The molecule has 0 aliphatic heterocycles. The van der Waals surface area contributed by atoms with Gasteiger partial charge in [-0.05, 0) is 72.8 Å².